The van der Waals surface area contributed by atoms with Gasteiger partial charge in [0.15, 0.2) is 0 Å². The summed E-state index contributed by atoms with van der Waals surface area (Å²) in [4.78, 5) is 21.4. The van der Waals surface area contributed by atoms with Crippen LogP contribution >= 0.6 is 0 Å². The molecule has 0 aromatic heterocycles. The number of carbonyl (C=O) groups excluding carboxylic acids is 1. The van der Waals surface area contributed by atoms with Crippen molar-refractivity contribution in [2.75, 3.05) is 0 Å². The van der Waals surface area contributed by atoms with Crippen LogP contribution in [0.2, 0.25) is 0 Å². The first-order chi connectivity index (χ1) is 7.91. The van der Waals surface area contributed by atoms with Crippen molar-refractivity contribution in [2.45, 2.75) is 19.5 Å². The zero-order valence-corrected chi connectivity index (χ0v) is 9.24. The maximum absolute atomic E-state index is 13.3. The maximum Gasteiger partial charge on any atom is 0.320 e. The number of amides is 1. The summed E-state index contributed by atoms with van der Waals surface area (Å²) in [5, 5.41) is 11.3. The number of aliphatic carboxylic acids is 1. The average molecular weight is 240 g/mol. The second-order valence-corrected chi connectivity index (χ2v) is 3.61. The van der Waals surface area contributed by atoms with Gasteiger partial charge in [0.1, 0.15) is 11.9 Å². The van der Waals surface area contributed by atoms with Crippen LogP contribution in [0.1, 0.15) is 22.8 Å². The fraction of sp³-hybridized carbons (Fsp3) is 0.273. The monoisotopic (exact) mass is 240 g/mol. The molecule has 0 saturated carbocycles. The molecule has 0 saturated heterocycles. The number of carboxylic acids is 1. The van der Waals surface area contributed by atoms with Gasteiger partial charge in [-0.15, -0.1) is 0 Å². The van der Waals surface area contributed by atoms with Gasteiger partial charge in [-0.2, -0.15) is 0 Å². The van der Waals surface area contributed by atoms with Crippen molar-refractivity contribution in [3.8, 4) is 0 Å². The van der Waals surface area contributed by atoms with Crippen LogP contribution in [0.4, 0.5) is 4.39 Å². The van der Waals surface area contributed by atoms with Gasteiger partial charge in [0.2, 0.25) is 5.91 Å². The number of carbonyl (C=O) groups is 2. The Hall–Kier alpha value is -1.95. The number of hydrogen-bond donors (Lipinski definition) is 3. The molecule has 1 rings (SSSR count). The lowest BCUT2D eigenvalue weighted by Gasteiger charge is -2.10. The Bertz CT molecular complexity index is 448. The summed E-state index contributed by atoms with van der Waals surface area (Å²) in [6.07, 6.45) is 0. The van der Waals surface area contributed by atoms with Gasteiger partial charge in [-0.25, -0.2) is 4.39 Å². The van der Waals surface area contributed by atoms with Crippen molar-refractivity contribution < 1.29 is 19.1 Å². The number of benzene rings is 1. The molecular formula is C11H13FN2O3. The standard InChI is InChI=1S/C11H13FN2O3/c1-6(11(16)17)14-5-8-4-7(10(13)15)2-3-9(8)12/h2-4,6,14H,5H2,1H3,(H2,13,15)(H,16,17). The minimum absolute atomic E-state index is 0.0143. The second-order valence-electron chi connectivity index (χ2n) is 3.61. The van der Waals surface area contributed by atoms with E-state index in [2.05, 4.69) is 5.32 Å². The lowest BCUT2D eigenvalue weighted by molar-refractivity contribution is -0.139. The minimum atomic E-state index is -1.03. The molecule has 0 spiro atoms. The van der Waals surface area contributed by atoms with E-state index < -0.39 is 23.7 Å². The third kappa shape index (κ3) is 3.53. The van der Waals surface area contributed by atoms with Crippen LogP contribution in [0, 0.1) is 5.82 Å². The minimum Gasteiger partial charge on any atom is -0.480 e. The van der Waals surface area contributed by atoms with Gasteiger partial charge in [0.25, 0.3) is 0 Å². The highest BCUT2D eigenvalue weighted by atomic mass is 19.1. The molecule has 1 amide bonds. The number of primary amides is 1. The lowest BCUT2D eigenvalue weighted by atomic mass is 10.1. The summed E-state index contributed by atoms with van der Waals surface area (Å²) in [6, 6.07) is 2.91. The molecule has 0 aliphatic carbocycles. The van der Waals surface area contributed by atoms with Crippen LogP contribution in [0.5, 0.6) is 0 Å². The molecule has 17 heavy (non-hydrogen) atoms. The SMILES string of the molecule is CC(NCc1cc(C(N)=O)ccc1F)C(=O)O. The normalized spacial score (nSPS) is 12.1. The van der Waals surface area contributed by atoms with E-state index in [1.165, 1.54) is 19.1 Å². The van der Waals surface area contributed by atoms with Gasteiger partial charge in [0.05, 0.1) is 0 Å². The molecule has 0 aliphatic heterocycles. The second kappa shape index (κ2) is 5.40. The Kier molecular flexibility index (Phi) is 4.17. The van der Waals surface area contributed by atoms with E-state index in [1.807, 2.05) is 0 Å². The number of rotatable bonds is 5. The molecule has 1 aromatic carbocycles. The fourth-order valence-corrected chi connectivity index (χ4v) is 1.21. The highest BCUT2D eigenvalue weighted by Crippen LogP contribution is 2.10. The highest BCUT2D eigenvalue weighted by molar-refractivity contribution is 5.92. The van der Waals surface area contributed by atoms with Gasteiger partial charge in [-0.1, -0.05) is 0 Å². The molecule has 6 heteroatoms. The molecule has 1 atom stereocenters. The molecule has 92 valence electrons. The van der Waals surface area contributed by atoms with E-state index in [4.69, 9.17) is 10.8 Å². The van der Waals surface area contributed by atoms with E-state index in [9.17, 15) is 14.0 Å². The van der Waals surface area contributed by atoms with Crippen molar-refractivity contribution >= 4 is 11.9 Å². The number of nitrogens with two attached hydrogens (primary N) is 1. The van der Waals surface area contributed by atoms with Gasteiger partial charge in [-0.3, -0.25) is 9.59 Å². The first-order valence-electron chi connectivity index (χ1n) is 4.96. The Balaban J connectivity index is 2.79. The van der Waals surface area contributed by atoms with Crippen molar-refractivity contribution in [1.82, 2.24) is 5.32 Å². The predicted octanol–water partition coefficient (Wildman–Crippen LogP) is 0.487. The van der Waals surface area contributed by atoms with Crippen LogP contribution in [-0.4, -0.2) is 23.0 Å². The molecule has 0 fully saturated rings. The van der Waals surface area contributed by atoms with E-state index in [0.29, 0.717) is 0 Å². The van der Waals surface area contributed by atoms with Crippen molar-refractivity contribution in [3.63, 3.8) is 0 Å². The third-order valence-corrected chi connectivity index (χ3v) is 2.30. The van der Waals surface area contributed by atoms with Crippen molar-refractivity contribution in [1.29, 1.82) is 0 Å². The van der Waals surface area contributed by atoms with E-state index in [0.717, 1.165) is 6.07 Å². The molecular weight excluding hydrogens is 227 g/mol. The average Bonchev–Trinajstić information content (AvgIpc) is 2.26. The fourth-order valence-electron chi connectivity index (χ4n) is 1.21. The zero-order chi connectivity index (χ0) is 13.0. The molecule has 0 aliphatic rings. The molecule has 0 radical (unpaired) electrons. The Morgan fingerprint density at radius 3 is 2.71 bits per heavy atom. The molecule has 0 heterocycles. The van der Waals surface area contributed by atoms with E-state index in [1.54, 1.807) is 0 Å². The molecule has 5 nitrogen and oxygen atoms in total. The molecule has 4 N–H and O–H groups in total. The summed E-state index contributed by atoms with van der Waals surface area (Å²) in [6.45, 7) is 1.46. The van der Waals surface area contributed by atoms with Crippen LogP contribution < -0.4 is 11.1 Å². The van der Waals surface area contributed by atoms with Gasteiger partial charge in [-0.05, 0) is 25.1 Å². The third-order valence-electron chi connectivity index (χ3n) is 2.30. The number of halogens is 1. The maximum atomic E-state index is 13.3. The summed E-state index contributed by atoms with van der Waals surface area (Å²) < 4.78 is 13.3. The van der Waals surface area contributed by atoms with E-state index >= 15 is 0 Å². The number of carboxylic acid groups (broad SMARTS) is 1. The predicted molar refractivity (Wildman–Crippen MR) is 58.9 cm³/mol. The number of hydrogen-bond acceptors (Lipinski definition) is 3. The van der Waals surface area contributed by atoms with Gasteiger partial charge < -0.3 is 16.2 Å². The van der Waals surface area contributed by atoms with Gasteiger partial charge in [0, 0.05) is 17.7 Å². The molecule has 1 aromatic rings. The summed E-state index contributed by atoms with van der Waals surface area (Å²) in [5.74, 6) is -2.20. The van der Waals surface area contributed by atoms with Crippen LogP contribution in [0.25, 0.3) is 0 Å². The molecule has 0 bridgehead atoms. The zero-order valence-electron chi connectivity index (χ0n) is 9.24. The van der Waals surface area contributed by atoms with Crippen molar-refractivity contribution in [3.05, 3.63) is 35.1 Å². The van der Waals surface area contributed by atoms with Gasteiger partial charge >= 0.3 is 5.97 Å². The molecule has 1 unspecified atom stereocenters. The van der Waals surface area contributed by atoms with Crippen molar-refractivity contribution in [2.24, 2.45) is 5.73 Å². The summed E-state index contributed by atoms with van der Waals surface area (Å²) >= 11 is 0. The highest BCUT2D eigenvalue weighted by Gasteiger charge is 2.12. The van der Waals surface area contributed by atoms with E-state index in [-0.39, 0.29) is 17.7 Å². The van der Waals surface area contributed by atoms with Crippen LogP contribution in [0.15, 0.2) is 18.2 Å². The Morgan fingerprint density at radius 1 is 1.53 bits per heavy atom. The van der Waals surface area contributed by atoms with Crippen LogP contribution in [-0.2, 0) is 11.3 Å². The number of nitrogens with one attached hydrogen (secondary N) is 1. The summed E-state index contributed by atoms with van der Waals surface area (Å²) in [7, 11) is 0. The summed E-state index contributed by atoms with van der Waals surface area (Å²) in [5.41, 5.74) is 5.45. The smallest absolute Gasteiger partial charge is 0.320 e. The lowest BCUT2D eigenvalue weighted by Crippen LogP contribution is -2.33. The van der Waals surface area contributed by atoms with Crippen LogP contribution in [0.3, 0.4) is 0 Å². The first kappa shape index (κ1) is 13.1. The Labute approximate surface area is 97.4 Å². The largest absolute Gasteiger partial charge is 0.480 e. The quantitative estimate of drug-likeness (QED) is 0.698. The topological polar surface area (TPSA) is 92.4 Å². The Morgan fingerprint density at radius 2 is 2.18 bits per heavy atom. The first-order valence-corrected chi connectivity index (χ1v) is 4.96.